The highest BCUT2D eigenvalue weighted by molar-refractivity contribution is 6.36. The fourth-order valence-electron chi connectivity index (χ4n) is 1.88. The summed E-state index contributed by atoms with van der Waals surface area (Å²) in [5.41, 5.74) is -0.441. The van der Waals surface area contributed by atoms with E-state index in [9.17, 15) is 14.0 Å². The van der Waals surface area contributed by atoms with Crippen molar-refractivity contribution in [3.8, 4) is 5.75 Å². The van der Waals surface area contributed by atoms with Crippen molar-refractivity contribution in [1.29, 1.82) is 0 Å². The van der Waals surface area contributed by atoms with E-state index in [0.29, 0.717) is 0 Å². The molecule has 0 saturated carbocycles. The third-order valence-corrected chi connectivity index (χ3v) is 3.59. The summed E-state index contributed by atoms with van der Waals surface area (Å²) in [6, 6.07) is 6.19. The Hall–Kier alpha value is -2.31. The maximum atomic E-state index is 13.7. The first-order valence-corrected chi connectivity index (χ1v) is 6.97. The smallest absolute Gasteiger partial charge is 0.339 e. The molecule has 2 aromatic rings. The highest BCUT2D eigenvalue weighted by Crippen LogP contribution is 2.32. The molecule has 0 bridgehead atoms. The summed E-state index contributed by atoms with van der Waals surface area (Å²) < 4.78 is 18.7. The third-order valence-electron chi connectivity index (χ3n) is 2.96. The van der Waals surface area contributed by atoms with Crippen LogP contribution in [0.15, 0.2) is 30.3 Å². The first-order valence-electron chi connectivity index (χ1n) is 6.21. The lowest BCUT2D eigenvalue weighted by Gasteiger charge is -2.12. The second-order valence-electron chi connectivity index (χ2n) is 4.39. The number of carbonyl (C=O) groups is 2. The van der Waals surface area contributed by atoms with Crippen molar-refractivity contribution in [1.82, 2.24) is 0 Å². The molecular weight excluding hydrogens is 348 g/mol. The molecule has 23 heavy (non-hydrogen) atoms. The summed E-state index contributed by atoms with van der Waals surface area (Å²) in [5, 5.41) is 11.3. The van der Waals surface area contributed by atoms with Crippen LogP contribution in [0.3, 0.4) is 0 Å². The van der Waals surface area contributed by atoms with Gasteiger partial charge in [0.15, 0.2) is 0 Å². The summed E-state index contributed by atoms with van der Waals surface area (Å²) in [5.74, 6) is -2.85. The minimum Gasteiger partial charge on any atom is -0.496 e. The molecule has 0 fully saturated rings. The Morgan fingerprint density at radius 2 is 1.91 bits per heavy atom. The molecule has 0 aromatic heterocycles. The number of anilines is 1. The van der Waals surface area contributed by atoms with Gasteiger partial charge in [0.25, 0.3) is 5.91 Å². The van der Waals surface area contributed by atoms with Crippen LogP contribution >= 0.6 is 23.2 Å². The van der Waals surface area contributed by atoms with Crippen LogP contribution in [0.2, 0.25) is 10.0 Å². The first kappa shape index (κ1) is 17.1. The molecule has 0 heterocycles. The van der Waals surface area contributed by atoms with Gasteiger partial charge in [-0.05, 0) is 18.2 Å². The van der Waals surface area contributed by atoms with E-state index in [1.165, 1.54) is 25.3 Å². The maximum absolute atomic E-state index is 13.7. The number of carboxylic acids is 1. The average Bonchev–Trinajstić information content (AvgIpc) is 2.48. The van der Waals surface area contributed by atoms with Gasteiger partial charge in [0.2, 0.25) is 0 Å². The molecule has 120 valence electrons. The molecule has 0 spiro atoms. The summed E-state index contributed by atoms with van der Waals surface area (Å²) >= 11 is 11.8. The molecule has 0 saturated heterocycles. The number of halogens is 3. The summed E-state index contributed by atoms with van der Waals surface area (Å²) in [7, 11) is 1.27. The second-order valence-corrected chi connectivity index (χ2v) is 5.20. The Bertz CT molecular complexity index is 775. The zero-order valence-corrected chi connectivity index (χ0v) is 13.2. The van der Waals surface area contributed by atoms with E-state index in [2.05, 4.69) is 5.32 Å². The number of methoxy groups -OCH3 is 1. The van der Waals surface area contributed by atoms with Crippen LogP contribution < -0.4 is 10.1 Å². The van der Waals surface area contributed by atoms with Gasteiger partial charge >= 0.3 is 5.97 Å². The van der Waals surface area contributed by atoms with Crippen LogP contribution in [-0.2, 0) is 0 Å². The van der Waals surface area contributed by atoms with Crippen molar-refractivity contribution in [2.75, 3.05) is 12.4 Å². The van der Waals surface area contributed by atoms with Crippen LogP contribution in [0, 0.1) is 5.82 Å². The fraction of sp³-hybridized carbons (Fsp3) is 0.0667. The number of rotatable bonds is 4. The van der Waals surface area contributed by atoms with E-state index in [-0.39, 0.29) is 32.6 Å². The van der Waals surface area contributed by atoms with Crippen LogP contribution in [0.1, 0.15) is 20.7 Å². The first-order chi connectivity index (χ1) is 10.8. The minimum atomic E-state index is -1.24. The average molecular weight is 358 g/mol. The predicted molar refractivity (Wildman–Crippen MR) is 84.3 cm³/mol. The Morgan fingerprint density at radius 1 is 1.22 bits per heavy atom. The number of carboxylic acid groups (broad SMARTS) is 1. The molecular formula is C15H10Cl2FNO4. The standard InChI is InChI=1S/C15H10Cl2FNO4/c1-23-12-6-11(9(17)5-7(12)15(21)22)19-14(20)13-8(16)3-2-4-10(13)18/h2-6H,1H3,(H,19,20)(H,21,22). The predicted octanol–water partition coefficient (Wildman–Crippen LogP) is 4.09. The quantitative estimate of drug-likeness (QED) is 0.863. The van der Waals surface area contributed by atoms with Crippen molar-refractivity contribution in [2.24, 2.45) is 0 Å². The molecule has 5 nitrogen and oxygen atoms in total. The number of hydrogen-bond acceptors (Lipinski definition) is 3. The highest BCUT2D eigenvalue weighted by Gasteiger charge is 2.19. The van der Waals surface area contributed by atoms with Crippen molar-refractivity contribution in [3.63, 3.8) is 0 Å². The molecule has 0 radical (unpaired) electrons. The van der Waals surface area contributed by atoms with Crippen LogP contribution in [0.5, 0.6) is 5.75 Å². The van der Waals surface area contributed by atoms with E-state index in [4.69, 9.17) is 33.0 Å². The number of nitrogens with one attached hydrogen (secondary N) is 1. The van der Waals surface area contributed by atoms with E-state index in [1.54, 1.807) is 0 Å². The third kappa shape index (κ3) is 3.55. The minimum absolute atomic E-state index is 0.00293. The molecule has 0 aliphatic carbocycles. The van der Waals surface area contributed by atoms with Gasteiger partial charge in [-0.2, -0.15) is 0 Å². The lowest BCUT2D eigenvalue weighted by molar-refractivity contribution is 0.0693. The van der Waals surface area contributed by atoms with Crippen LogP contribution in [0.4, 0.5) is 10.1 Å². The second kappa shape index (κ2) is 6.85. The van der Waals surface area contributed by atoms with E-state index >= 15 is 0 Å². The number of aromatic carboxylic acids is 1. The van der Waals surface area contributed by atoms with Gasteiger partial charge < -0.3 is 15.2 Å². The normalized spacial score (nSPS) is 10.3. The lowest BCUT2D eigenvalue weighted by atomic mass is 10.1. The van der Waals surface area contributed by atoms with Gasteiger partial charge in [-0.3, -0.25) is 4.79 Å². The number of hydrogen-bond donors (Lipinski definition) is 2. The SMILES string of the molecule is COc1cc(NC(=O)c2c(F)cccc2Cl)c(Cl)cc1C(=O)O. The Balaban J connectivity index is 2.40. The topological polar surface area (TPSA) is 75.6 Å². The Kier molecular flexibility index (Phi) is 5.08. The molecule has 1 amide bonds. The summed E-state index contributed by atoms with van der Waals surface area (Å²) in [6.45, 7) is 0. The zero-order valence-electron chi connectivity index (χ0n) is 11.7. The Labute approximate surface area is 140 Å². The van der Waals surface area contributed by atoms with Gasteiger partial charge in [0, 0.05) is 6.07 Å². The molecule has 0 atom stereocenters. The number of carbonyl (C=O) groups excluding carboxylic acids is 1. The monoisotopic (exact) mass is 357 g/mol. The zero-order chi connectivity index (χ0) is 17.1. The number of benzene rings is 2. The fourth-order valence-corrected chi connectivity index (χ4v) is 2.34. The molecule has 2 rings (SSSR count). The van der Waals surface area contributed by atoms with Crippen molar-refractivity contribution in [3.05, 3.63) is 57.3 Å². The lowest BCUT2D eigenvalue weighted by Crippen LogP contribution is -2.15. The van der Waals surface area contributed by atoms with E-state index < -0.39 is 17.7 Å². The van der Waals surface area contributed by atoms with Crippen molar-refractivity contribution < 1.29 is 23.8 Å². The van der Waals surface area contributed by atoms with Gasteiger partial charge in [0.1, 0.15) is 17.1 Å². The number of amides is 1. The summed E-state index contributed by atoms with van der Waals surface area (Å²) in [4.78, 5) is 23.3. The van der Waals surface area contributed by atoms with Gasteiger partial charge in [0.05, 0.1) is 28.4 Å². The summed E-state index contributed by atoms with van der Waals surface area (Å²) in [6.07, 6.45) is 0. The van der Waals surface area contributed by atoms with E-state index in [0.717, 1.165) is 12.1 Å². The maximum Gasteiger partial charge on any atom is 0.339 e. The van der Waals surface area contributed by atoms with Gasteiger partial charge in [-0.25, -0.2) is 9.18 Å². The van der Waals surface area contributed by atoms with Gasteiger partial charge in [-0.1, -0.05) is 29.3 Å². The molecule has 2 N–H and O–H groups in total. The van der Waals surface area contributed by atoms with Crippen molar-refractivity contribution in [2.45, 2.75) is 0 Å². The molecule has 0 aliphatic heterocycles. The largest absolute Gasteiger partial charge is 0.496 e. The number of ether oxygens (including phenoxy) is 1. The molecule has 0 aliphatic rings. The molecule has 8 heteroatoms. The highest BCUT2D eigenvalue weighted by atomic mass is 35.5. The van der Waals surface area contributed by atoms with Crippen molar-refractivity contribution >= 4 is 40.8 Å². The van der Waals surface area contributed by atoms with Crippen LogP contribution in [-0.4, -0.2) is 24.1 Å². The van der Waals surface area contributed by atoms with Gasteiger partial charge in [-0.15, -0.1) is 0 Å². The Morgan fingerprint density at radius 3 is 2.48 bits per heavy atom. The molecule has 2 aromatic carbocycles. The van der Waals surface area contributed by atoms with E-state index in [1.807, 2.05) is 0 Å². The van der Waals surface area contributed by atoms with Crippen LogP contribution in [0.25, 0.3) is 0 Å². The molecule has 0 unspecified atom stereocenters.